The van der Waals surface area contributed by atoms with E-state index >= 15 is 0 Å². The van der Waals surface area contributed by atoms with E-state index in [0.717, 1.165) is 23.5 Å². The van der Waals surface area contributed by atoms with Gasteiger partial charge in [0.1, 0.15) is 0 Å². The first-order valence-electron chi connectivity index (χ1n) is 21.8. The number of benzene rings is 9. The van der Waals surface area contributed by atoms with Crippen molar-refractivity contribution in [1.29, 1.82) is 0 Å². The number of allylic oxidation sites excluding steroid dienone is 4. The van der Waals surface area contributed by atoms with Gasteiger partial charge < -0.3 is 4.90 Å². The third kappa shape index (κ3) is 6.67. The van der Waals surface area contributed by atoms with Gasteiger partial charge in [-0.05, 0) is 132 Å². The smallest absolute Gasteiger partial charge is 0.0471 e. The highest BCUT2D eigenvalue weighted by atomic mass is 15.1. The Morgan fingerprint density at radius 3 is 1.65 bits per heavy atom. The molecule has 0 saturated carbocycles. The summed E-state index contributed by atoms with van der Waals surface area (Å²) >= 11 is 0. The van der Waals surface area contributed by atoms with Gasteiger partial charge in [-0.2, -0.15) is 0 Å². The molecule has 0 aliphatic heterocycles. The number of fused-ring (bicyclic) bond motifs is 3. The van der Waals surface area contributed by atoms with Crippen molar-refractivity contribution in [3.63, 3.8) is 0 Å². The van der Waals surface area contributed by atoms with Gasteiger partial charge >= 0.3 is 0 Å². The van der Waals surface area contributed by atoms with Crippen LogP contribution in [0.15, 0.2) is 236 Å². The first-order chi connectivity index (χ1) is 30.5. The van der Waals surface area contributed by atoms with E-state index in [0.29, 0.717) is 0 Å². The fourth-order valence-electron chi connectivity index (χ4n) is 10.1. The number of rotatable bonds is 8. The zero-order valence-corrected chi connectivity index (χ0v) is 35.2. The van der Waals surface area contributed by atoms with Gasteiger partial charge in [-0.25, -0.2) is 0 Å². The number of para-hydroxylation sites is 1. The lowest BCUT2D eigenvalue weighted by Gasteiger charge is -2.31. The number of nitrogens with zero attached hydrogens (tertiary/aromatic N) is 1. The van der Waals surface area contributed by atoms with Gasteiger partial charge in [0.2, 0.25) is 0 Å². The van der Waals surface area contributed by atoms with E-state index in [2.05, 4.69) is 249 Å². The van der Waals surface area contributed by atoms with Crippen molar-refractivity contribution in [2.45, 2.75) is 31.6 Å². The molecular weight excluding hydrogens is 747 g/mol. The summed E-state index contributed by atoms with van der Waals surface area (Å²) in [5.41, 5.74) is 20.2. The molecule has 2 aliphatic carbocycles. The molecule has 2 aliphatic rings. The predicted molar refractivity (Wildman–Crippen MR) is 263 cm³/mol. The lowest BCUT2D eigenvalue weighted by molar-refractivity contribution is 0.591. The molecular formula is C61H47N. The van der Waals surface area contributed by atoms with Crippen LogP contribution in [0.3, 0.4) is 0 Å². The summed E-state index contributed by atoms with van der Waals surface area (Å²) in [4.78, 5) is 2.43. The minimum absolute atomic E-state index is 0.209. The van der Waals surface area contributed by atoms with Crippen LogP contribution < -0.4 is 4.90 Å². The average Bonchev–Trinajstić information content (AvgIpc) is 3.57. The highest BCUT2D eigenvalue weighted by Gasteiger charge is 2.41. The van der Waals surface area contributed by atoms with E-state index < -0.39 is 0 Å². The molecule has 0 N–H and O–H groups in total. The molecule has 0 spiro atoms. The minimum Gasteiger partial charge on any atom is -0.310 e. The second-order valence-electron chi connectivity index (χ2n) is 17.3. The van der Waals surface area contributed by atoms with Crippen LogP contribution in [0.2, 0.25) is 0 Å². The van der Waals surface area contributed by atoms with E-state index in [4.69, 9.17) is 0 Å². The maximum Gasteiger partial charge on any atom is 0.0471 e. The Morgan fingerprint density at radius 2 is 0.952 bits per heavy atom. The second-order valence-corrected chi connectivity index (χ2v) is 17.3. The zero-order valence-electron chi connectivity index (χ0n) is 35.2. The normalized spacial score (nSPS) is 15.0. The van der Waals surface area contributed by atoms with Crippen LogP contribution in [-0.2, 0) is 5.41 Å². The van der Waals surface area contributed by atoms with E-state index in [9.17, 15) is 0 Å². The predicted octanol–water partition coefficient (Wildman–Crippen LogP) is 16.8. The van der Waals surface area contributed by atoms with Crippen LogP contribution in [0.5, 0.6) is 0 Å². The maximum absolute atomic E-state index is 2.48. The van der Waals surface area contributed by atoms with Crippen molar-refractivity contribution in [2.24, 2.45) is 0 Å². The molecule has 1 nitrogen and oxygen atoms in total. The molecule has 0 amide bonds. The monoisotopic (exact) mass is 793 g/mol. The molecule has 11 rings (SSSR count). The number of anilines is 3. The van der Waals surface area contributed by atoms with E-state index in [-0.39, 0.29) is 11.3 Å². The molecule has 296 valence electrons. The van der Waals surface area contributed by atoms with Crippen LogP contribution in [-0.4, -0.2) is 0 Å². The third-order valence-electron chi connectivity index (χ3n) is 13.3. The molecule has 62 heavy (non-hydrogen) atoms. The summed E-state index contributed by atoms with van der Waals surface area (Å²) in [6.45, 7) is 4.90. The fraction of sp³-hybridized carbons (Fsp3) is 0.0820. The highest BCUT2D eigenvalue weighted by Crippen LogP contribution is 2.57. The third-order valence-corrected chi connectivity index (χ3v) is 13.3. The van der Waals surface area contributed by atoms with Gasteiger partial charge in [-0.15, -0.1) is 0 Å². The Labute approximate surface area is 365 Å². The van der Waals surface area contributed by atoms with Crippen LogP contribution >= 0.6 is 0 Å². The van der Waals surface area contributed by atoms with Crippen molar-refractivity contribution < 1.29 is 0 Å². The molecule has 0 fully saturated rings. The molecule has 0 heterocycles. The summed E-state index contributed by atoms with van der Waals surface area (Å²) in [5.74, 6) is 0.225. The quantitative estimate of drug-likeness (QED) is 0.148. The van der Waals surface area contributed by atoms with E-state index in [1.54, 1.807) is 0 Å². The largest absolute Gasteiger partial charge is 0.310 e. The summed E-state index contributed by atoms with van der Waals surface area (Å²) < 4.78 is 0. The molecule has 1 heteroatoms. The molecule has 0 aromatic heterocycles. The summed E-state index contributed by atoms with van der Waals surface area (Å²) in [6, 6.07) is 80.0. The Balaban J connectivity index is 1.02. The second kappa shape index (κ2) is 15.5. The molecule has 9 aromatic rings. The van der Waals surface area contributed by atoms with Crippen molar-refractivity contribution in [2.75, 3.05) is 4.90 Å². The minimum atomic E-state index is -0.209. The van der Waals surface area contributed by atoms with Gasteiger partial charge in [-0.3, -0.25) is 0 Å². The molecule has 0 saturated heterocycles. The van der Waals surface area contributed by atoms with E-state index in [1.807, 2.05) is 0 Å². The first-order valence-corrected chi connectivity index (χ1v) is 21.8. The Bertz CT molecular complexity index is 3140. The van der Waals surface area contributed by atoms with Crippen molar-refractivity contribution in [1.82, 2.24) is 0 Å². The van der Waals surface area contributed by atoms with Gasteiger partial charge in [-0.1, -0.05) is 201 Å². The van der Waals surface area contributed by atoms with Crippen molar-refractivity contribution in [3.8, 4) is 44.5 Å². The standard InChI is InChI=1S/C61H47N/c1-61(2)58-39-50(56-38-49(42-17-7-3-8-18-42)31-35-54(56)45-20-9-4-10-21-45)32-36-55(58)60-57(46-22-11-5-12-23-46)40-53(41-59(60)61)62(51-25-13-6-14-26-51)52-33-29-44(30-34-52)48-28-27-43-19-15-16-24-47(43)37-48/h3-38,40-41,50H,39H2,1-2H3. The van der Waals surface area contributed by atoms with Crippen LogP contribution in [0.25, 0.3) is 60.9 Å². The van der Waals surface area contributed by atoms with Crippen LogP contribution in [0, 0.1) is 0 Å². The maximum atomic E-state index is 2.48. The summed E-state index contributed by atoms with van der Waals surface area (Å²) in [7, 11) is 0. The van der Waals surface area contributed by atoms with Crippen LogP contribution in [0.4, 0.5) is 17.1 Å². The SMILES string of the molecule is CC1(C)C2=C(C=CC(c3cc(-c4ccccc4)ccc3-c3ccccc3)C2)c2c(-c3ccccc3)cc(N(c3ccccc3)c3ccc(-c4ccc5ccccc5c4)cc3)cc21. The fourth-order valence-corrected chi connectivity index (χ4v) is 10.1. The van der Waals surface area contributed by atoms with E-state index in [1.165, 1.54) is 83.1 Å². The molecule has 1 unspecified atom stereocenters. The van der Waals surface area contributed by atoms with Crippen LogP contribution in [0.1, 0.15) is 42.9 Å². The molecule has 0 bridgehead atoms. The van der Waals surface area contributed by atoms with Gasteiger partial charge in [0.05, 0.1) is 0 Å². The molecule has 0 radical (unpaired) electrons. The highest BCUT2D eigenvalue weighted by molar-refractivity contribution is 5.98. The molecule has 1 atom stereocenters. The van der Waals surface area contributed by atoms with Crippen molar-refractivity contribution in [3.05, 3.63) is 253 Å². The van der Waals surface area contributed by atoms with Crippen molar-refractivity contribution >= 4 is 33.4 Å². The first kappa shape index (κ1) is 37.5. The number of hydrogen-bond donors (Lipinski definition) is 0. The lowest BCUT2D eigenvalue weighted by atomic mass is 9.73. The molecule has 9 aromatic carbocycles. The Kier molecular flexibility index (Phi) is 9.39. The van der Waals surface area contributed by atoms with Gasteiger partial charge in [0, 0.05) is 28.4 Å². The van der Waals surface area contributed by atoms with Gasteiger partial charge in [0.25, 0.3) is 0 Å². The summed E-state index contributed by atoms with van der Waals surface area (Å²) in [6.07, 6.45) is 5.89. The summed E-state index contributed by atoms with van der Waals surface area (Å²) in [5, 5.41) is 2.51. The Hall–Kier alpha value is -7.48. The van der Waals surface area contributed by atoms with Gasteiger partial charge in [0.15, 0.2) is 0 Å². The topological polar surface area (TPSA) is 3.24 Å². The number of hydrogen-bond acceptors (Lipinski definition) is 1. The Morgan fingerprint density at radius 1 is 0.419 bits per heavy atom. The average molecular weight is 794 g/mol. The lowest BCUT2D eigenvalue weighted by Crippen LogP contribution is -2.20. The zero-order chi connectivity index (χ0) is 41.6.